The van der Waals surface area contributed by atoms with Gasteiger partial charge in [-0.1, -0.05) is 19.4 Å². The third kappa shape index (κ3) is 1.66. The van der Waals surface area contributed by atoms with Crippen molar-refractivity contribution in [3.05, 3.63) is 11.1 Å². The zero-order chi connectivity index (χ0) is 10.3. The quantitative estimate of drug-likeness (QED) is 0.590. The fourth-order valence-electron chi connectivity index (χ4n) is 2.56. The highest BCUT2D eigenvalue weighted by Gasteiger charge is 2.34. The van der Waals surface area contributed by atoms with E-state index in [0.717, 1.165) is 17.6 Å². The lowest BCUT2D eigenvalue weighted by Crippen LogP contribution is -2.29. The maximum absolute atomic E-state index is 11.8. The number of hydrogen-bond donors (Lipinski definition) is 0. The molecule has 2 rings (SSSR count). The SMILES string of the molecule is CC1(C)CC(=O)C2=C(CC(=O)CC2)C1. The Balaban J connectivity index is 2.33. The van der Waals surface area contributed by atoms with Gasteiger partial charge in [0, 0.05) is 19.3 Å². The Kier molecular flexibility index (Phi) is 2.09. The molecule has 0 spiro atoms. The predicted molar refractivity (Wildman–Crippen MR) is 53.9 cm³/mol. The Morgan fingerprint density at radius 1 is 1.07 bits per heavy atom. The molecule has 0 aliphatic heterocycles. The van der Waals surface area contributed by atoms with E-state index in [-0.39, 0.29) is 11.2 Å². The van der Waals surface area contributed by atoms with E-state index in [1.54, 1.807) is 0 Å². The van der Waals surface area contributed by atoms with Gasteiger partial charge in [-0.05, 0) is 23.8 Å². The highest BCUT2D eigenvalue weighted by atomic mass is 16.1. The van der Waals surface area contributed by atoms with Crippen LogP contribution in [0.15, 0.2) is 11.1 Å². The van der Waals surface area contributed by atoms with Crippen LogP contribution in [0.2, 0.25) is 0 Å². The molecule has 0 unspecified atom stereocenters. The van der Waals surface area contributed by atoms with Gasteiger partial charge in [-0.3, -0.25) is 9.59 Å². The van der Waals surface area contributed by atoms with Crippen molar-refractivity contribution < 1.29 is 9.59 Å². The molecule has 0 amide bonds. The van der Waals surface area contributed by atoms with Gasteiger partial charge in [-0.15, -0.1) is 0 Å². The highest BCUT2D eigenvalue weighted by molar-refractivity contribution is 6.00. The zero-order valence-electron chi connectivity index (χ0n) is 8.85. The number of hydrogen-bond acceptors (Lipinski definition) is 2. The van der Waals surface area contributed by atoms with E-state index in [0.29, 0.717) is 31.5 Å². The number of carbonyl (C=O) groups excluding carboxylic acids is 2. The third-order valence-electron chi connectivity index (χ3n) is 3.16. The zero-order valence-corrected chi connectivity index (χ0v) is 8.85. The first kappa shape index (κ1) is 9.63. The first-order valence-electron chi connectivity index (χ1n) is 5.24. The van der Waals surface area contributed by atoms with Gasteiger partial charge >= 0.3 is 0 Å². The molecule has 0 saturated heterocycles. The van der Waals surface area contributed by atoms with Crippen molar-refractivity contribution in [1.29, 1.82) is 0 Å². The first-order chi connectivity index (χ1) is 6.48. The van der Waals surface area contributed by atoms with Crippen molar-refractivity contribution in [3.63, 3.8) is 0 Å². The van der Waals surface area contributed by atoms with Crippen LogP contribution in [0.5, 0.6) is 0 Å². The molecule has 0 saturated carbocycles. The minimum absolute atomic E-state index is 0.0630. The van der Waals surface area contributed by atoms with E-state index in [9.17, 15) is 9.59 Å². The van der Waals surface area contributed by atoms with E-state index >= 15 is 0 Å². The maximum Gasteiger partial charge on any atom is 0.159 e. The highest BCUT2D eigenvalue weighted by Crippen LogP contribution is 2.41. The van der Waals surface area contributed by atoms with Crippen LogP contribution in [0, 0.1) is 5.41 Å². The van der Waals surface area contributed by atoms with E-state index in [1.165, 1.54) is 0 Å². The van der Waals surface area contributed by atoms with Crippen LogP contribution in [0.4, 0.5) is 0 Å². The summed E-state index contributed by atoms with van der Waals surface area (Å²) in [6.45, 7) is 4.21. The van der Waals surface area contributed by atoms with E-state index < -0.39 is 0 Å². The topological polar surface area (TPSA) is 34.1 Å². The molecule has 0 heterocycles. The molecule has 0 fully saturated rings. The molecule has 0 aromatic rings. The normalized spacial score (nSPS) is 26.4. The fourth-order valence-corrected chi connectivity index (χ4v) is 2.56. The van der Waals surface area contributed by atoms with Crippen molar-refractivity contribution in [2.75, 3.05) is 0 Å². The Morgan fingerprint density at radius 3 is 2.50 bits per heavy atom. The summed E-state index contributed by atoms with van der Waals surface area (Å²) in [6.07, 6.45) is 3.39. The lowest BCUT2D eigenvalue weighted by atomic mass is 9.70. The van der Waals surface area contributed by atoms with Crippen LogP contribution in [0.25, 0.3) is 0 Å². The lowest BCUT2D eigenvalue weighted by molar-refractivity contribution is -0.120. The van der Waals surface area contributed by atoms with Gasteiger partial charge in [-0.2, -0.15) is 0 Å². The molecule has 0 atom stereocenters. The standard InChI is InChI=1S/C12H16O2/c1-12(2)6-8-5-9(13)3-4-10(8)11(14)7-12/h3-7H2,1-2H3. The second-order valence-electron chi connectivity index (χ2n) is 5.24. The van der Waals surface area contributed by atoms with Crippen LogP contribution in [0.1, 0.15) is 46.0 Å². The summed E-state index contributed by atoms with van der Waals surface area (Å²) < 4.78 is 0. The number of allylic oxidation sites excluding steroid dienone is 2. The average Bonchev–Trinajstić information content (AvgIpc) is 2.00. The summed E-state index contributed by atoms with van der Waals surface area (Å²) >= 11 is 0. The molecule has 0 aromatic heterocycles. The van der Waals surface area contributed by atoms with Gasteiger partial charge in [0.25, 0.3) is 0 Å². The Bertz CT molecular complexity index is 334. The number of rotatable bonds is 0. The molecule has 0 bridgehead atoms. The van der Waals surface area contributed by atoms with Crippen LogP contribution in [-0.4, -0.2) is 11.6 Å². The van der Waals surface area contributed by atoms with E-state index in [1.807, 2.05) is 0 Å². The van der Waals surface area contributed by atoms with Crippen LogP contribution in [-0.2, 0) is 9.59 Å². The second-order valence-corrected chi connectivity index (χ2v) is 5.24. The smallest absolute Gasteiger partial charge is 0.159 e. The molecule has 0 aromatic carbocycles. The number of carbonyl (C=O) groups is 2. The third-order valence-corrected chi connectivity index (χ3v) is 3.16. The molecule has 2 aliphatic rings. The van der Waals surface area contributed by atoms with Gasteiger partial charge in [0.2, 0.25) is 0 Å². The Morgan fingerprint density at radius 2 is 1.79 bits per heavy atom. The van der Waals surface area contributed by atoms with Gasteiger partial charge in [-0.25, -0.2) is 0 Å². The second kappa shape index (κ2) is 3.04. The number of Topliss-reactive ketones (excluding diaryl/α,β-unsaturated/α-hetero) is 2. The average molecular weight is 192 g/mol. The summed E-state index contributed by atoms with van der Waals surface area (Å²) in [7, 11) is 0. The van der Waals surface area contributed by atoms with E-state index in [2.05, 4.69) is 13.8 Å². The molecular formula is C12H16O2. The van der Waals surface area contributed by atoms with Gasteiger partial charge in [0.15, 0.2) is 5.78 Å². The minimum Gasteiger partial charge on any atom is -0.299 e. The van der Waals surface area contributed by atoms with Crippen molar-refractivity contribution in [3.8, 4) is 0 Å². The summed E-state index contributed by atoms with van der Waals surface area (Å²) in [5, 5.41) is 0. The molecular weight excluding hydrogens is 176 g/mol. The van der Waals surface area contributed by atoms with Crippen molar-refractivity contribution >= 4 is 11.6 Å². The summed E-state index contributed by atoms with van der Waals surface area (Å²) in [6, 6.07) is 0. The first-order valence-corrected chi connectivity index (χ1v) is 5.24. The summed E-state index contributed by atoms with van der Waals surface area (Å²) in [5.41, 5.74) is 2.17. The Hall–Kier alpha value is -0.920. The van der Waals surface area contributed by atoms with Crippen LogP contribution in [0.3, 0.4) is 0 Å². The van der Waals surface area contributed by atoms with Crippen molar-refractivity contribution in [2.45, 2.75) is 46.0 Å². The molecule has 0 N–H and O–H groups in total. The molecule has 14 heavy (non-hydrogen) atoms. The largest absolute Gasteiger partial charge is 0.299 e. The fraction of sp³-hybridized carbons (Fsp3) is 0.667. The minimum atomic E-state index is 0.0630. The van der Waals surface area contributed by atoms with Crippen molar-refractivity contribution in [1.82, 2.24) is 0 Å². The van der Waals surface area contributed by atoms with Crippen molar-refractivity contribution in [2.24, 2.45) is 5.41 Å². The monoisotopic (exact) mass is 192 g/mol. The predicted octanol–water partition coefficient (Wildman–Crippen LogP) is 2.43. The van der Waals surface area contributed by atoms with E-state index in [4.69, 9.17) is 0 Å². The maximum atomic E-state index is 11.8. The molecule has 76 valence electrons. The molecule has 0 radical (unpaired) electrons. The number of ketones is 2. The van der Waals surface area contributed by atoms with Gasteiger partial charge in [0.05, 0.1) is 0 Å². The van der Waals surface area contributed by atoms with Gasteiger partial charge in [0.1, 0.15) is 5.78 Å². The Labute approximate surface area is 84.4 Å². The van der Waals surface area contributed by atoms with Gasteiger partial charge < -0.3 is 0 Å². The lowest BCUT2D eigenvalue weighted by Gasteiger charge is -2.33. The molecule has 2 heteroatoms. The van der Waals surface area contributed by atoms with Crippen LogP contribution < -0.4 is 0 Å². The van der Waals surface area contributed by atoms with Crippen LogP contribution >= 0.6 is 0 Å². The molecule has 2 nitrogen and oxygen atoms in total. The summed E-state index contributed by atoms with van der Waals surface area (Å²) in [5.74, 6) is 0.581. The summed E-state index contributed by atoms with van der Waals surface area (Å²) in [4.78, 5) is 23.1. The molecule has 2 aliphatic carbocycles.